The maximum Gasteiger partial charge on any atom is 0.175 e. The molecule has 0 saturated heterocycles. The van der Waals surface area contributed by atoms with Gasteiger partial charge in [0.05, 0.1) is 11.1 Å². The van der Waals surface area contributed by atoms with Crippen molar-refractivity contribution in [3.05, 3.63) is 57.0 Å². The van der Waals surface area contributed by atoms with Gasteiger partial charge in [0.15, 0.2) is 11.5 Å². The molecule has 2 aromatic rings. The van der Waals surface area contributed by atoms with Crippen LogP contribution in [-0.2, 0) is 13.2 Å². The number of rotatable bonds is 10. The number of halogens is 2. The summed E-state index contributed by atoms with van der Waals surface area (Å²) < 4.78 is 12.7. The van der Waals surface area contributed by atoms with Gasteiger partial charge >= 0.3 is 0 Å². The first kappa shape index (κ1) is 20.1. The van der Waals surface area contributed by atoms with Crippen molar-refractivity contribution in [2.45, 2.75) is 39.8 Å². The van der Waals surface area contributed by atoms with E-state index in [0.29, 0.717) is 18.2 Å². The van der Waals surface area contributed by atoms with E-state index in [0.717, 1.165) is 34.6 Å². The first-order chi connectivity index (χ1) is 12.1. The molecule has 5 heteroatoms. The van der Waals surface area contributed by atoms with Crippen molar-refractivity contribution >= 4 is 27.5 Å². The summed E-state index contributed by atoms with van der Waals surface area (Å²) >= 11 is 9.65. The predicted molar refractivity (Wildman–Crippen MR) is 108 cm³/mol. The van der Waals surface area contributed by atoms with E-state index in [4.69, 9.17) is 21.1 Å². The fourth-order valence-corrected chi connectivity index (χ4v) is 3.26. The first-order valence-corrected chi connectivity index (χ1v) is 9.84. The molecule has 2 aromatic carbocycles. The van der Waals surface area contributed by atoms with Crippen LogP contribution in [0.3, 0.4) is 0 Å². The van der Waals surface area contributed by atoms with E-state index >= 15 is 0 Å². The molecule has 3 nitrogen and oxygen atoms in total. The quantitative estimate of drug-likeness (QED) is 0.475. The molecule has 0 atom stereocenters. The minimum absolute atomic E-state index is 0.438. The largest absolute Gasteiger partial charge is 0.490 e. The predicted octanol–water partition coefficient (Wildman–Crippen LogP) is 5.97. The van der Waals surface area contributed by atoms with Crippen molar-refractivity contribution in [3.8, 4) is 11.5 Å². The minimum Gasteiger partial charge on any atom is -0.490 e. The summed E-state index contributed by atoms with van der Waals surface area (Å²) in [6, 6.07) is 11.8. The van der Waals surface area contributed by atoms with Crippen molar-refractivity contribution in [1.82, 2.24) is 5.32 Å². The molecular weight excluding hydrogens is 402 g/mol. The monoisotopic (exact) mass is 425 g/mol. The second-order valence-electron chi connectivity index (χ2n) is 5.79. The summed E-state index contributed by atoms with van der Waals surface area (Å²) in [7, 11) is 0. The van der Waals surface area contributed by atoms with E-state index in [1.807, 2.05) is 37.3 Å². The summed E-state index contributed by atoms with van der Waals surface area (Å²) in [4.78, 5) is 0. The normalized spacial score (nSPS) is 10.7. The molecule has 0 unspecified atom stereocenters. The van der Waals surface area contributed by atoms with Crippen LogP contribution in [-0.4, -0.2) is 13.2 Å². The highest BCUT2D eigenvalue weighted by molar-refractivity contribution is 9.10. The Hall–Kier alpha value is -1.23. The molecule has 0 fully saturated rings. The third kappa shape index (κ3) is 6.53. The van der Waals surface area contributed by atoms with Crippen LogP contribution >= 0.6 is 27.5 Å². The summed E-state index contributed by atoms with van der Waals surface area (Å²) in [6.45, 7) is 7.02. The highest BCUT2D eigenvalue weighted by atomic mass is 79.9. The molecule has 0 aromatic heterocycles. The van der Waals surface area contributed by atoms with Crippen LogP contribution in [0, 0.1) is 0 Å². The van der Waals surface area contributed by atoms with Crippen molar-refractivity contribution in [2.75, 3.05) is 13.2 Å². The van der Waals surface area contributed by atoms with Gasteiger partial charge in [0.25, 0.3) is 0 Å². The van der Waals surface area contributed by atoms with Crippen LogP contribution in [0.25, 0.3) is 0 Å². The van der Waals surface area contributed by atoms with E-state index in [9.17, 15) is 0 Å². The topological polar surface area (TPSA) is 30.5 Å². The van der Waals surface area contributed by atoms with Gasteiger partial charge in [-0.3, -0.25) is 0 Å². The fraction of sp³-hybridized carbons (Fsp3) is 0.400. The molecule has 0 bridgehead atoms. The van der Waals surface area contributed by atoms with Gasteiger partial charge in [0.1, 0.15) is 6.61 Å². The Morgan fingerprint density at radius 1 is 1.08 bits per heavy atom. The Balaban J connectivity index is 2.10. The van der Waals surface area contributed by atoms with Gasteiger partial charge in [0.2, 0.25) is 0 Å². The highest BCUT2D eigenvalue weighted by Crippen LogP contribution is 2.37. The molecule has 0 aliphatic heterocycles. The number of ether oxygens (including phenoxy) is 2. The lowest BCUT2D eigenvalue weighted by atomic mass is 10.2. The summed E-state index contributed by atoms with van der Waals surface area (Å²) in [5.41, 5.74) is 2.19. The third-order valence-electron chi connectivity index (χ3n) is 3.68. The SMILES string of the molecule is CCCCNCc1cc(Br)c(OCc2cccc(Cl)c2)c(OCC)c1. The van der Waals surface area contributed by atoms with Crippen LogP contribution in [0.1, 0.15) is 37.8 Å². The molecule has 0 spiro atoms. The van der Waals surface area contributed by atoms with E-state index < -0.39 is 0 Å². The molecule has 2 rings (SSSR count). The minimum atomic E-state index is 0.438. The van der Waals surface area contributed by atoms with Gasteiger partial charge in [-0.25, -0.2) is 0 Å². The van der Waals surface area contributed by atoms with Gasteiger partial charge in [-0.05, 0) is 71.2 Å². The van der Waals surface area contributed by atoms with Crippen molar-refractivity contribution in [3.63, 3.8) is 0 Å². The summed E-state index contributed by atoms with van der Waals surface area (Å²) in [5.74, 6) is 1.48. The van der Waals surface area contributed by atoms with Gasteiger partial charge in [0, 0.05) is 11.6 Å². The van der Waals surface area contributed by atoms with Crippen LogP contribution in [0.15, 0.2) is 40.9 Å². The Morgan fingerprint density at radius 2 is 1.92 bits per heavy atom. The summed E-state index contributed by atoms with van der Waals surface area (Å²) in [6.07, 6.45) is 2.37. The lowest BCUT2D eigenvalue weighted by Gasteiger charge is -2.16. The Morgan fingerprint density at radius 3 is 2.64 bits per heavy atom. The molecular formula is C20H25BrClNO2. The number of nitrogens with one attached hydrogen (secondary N) is 1. The highest BCUT2D eigenvalue weighted by Gasteiger charge is 2.12. The molecule has 1 N–H and O–H groups in total. The maximum absolute atomic E-state index is 6.03. The zero-order chi connectivity index (χ0) is 18.1. The van der Waals surface area contributed by atoms with Crippen LogP contribution in [0.5, 0.6) is 11.5 Å². The zero-order valence-corrected chi connectivity index (χ0v) is 17.1. The molecule has 0 radical (unpaired) electrons. The van der Waals surface area contributed by atoms with E-state index in [2.05, 4.69) is 34.2 Å². The smallest absolute Gasteiger partial charge is 0.175 e. The Kier molecular flexibility index (Phi) is 8.59. The molecule has 0 heterocycles. The second-order valence-corrected chi connectivity index (χ2v) is 7.08. The average Bonchev–Trinajstić information content (AvgIpc) is 2.58. The van der Waals surface area contributed by atoms with Crippen molar-refractivity contribution < 1.29 is 9.47 Å². The maximum atomic E-state index is 6.03. The average molecular weight is 427 g/mol. The lowest BCUT2D eigenvalue weighted by molar-refractivity contribution is 0.267. The molecule has 0 saturated carbocycles. The Bertz CT molecular complexity index is 679. The molecule has 136 valence electrons. The first-order valence-electron chi connectivity index (χ1n) is 8.67. The molecule has 0 aliphatic carbocycles. The molecule has 0 amide bonds. The number of hydrogen-bond acceptors (Lipinski definition) is 3. The number of benzene rings is 2. The van der Waals surface area contributed by atoms with Gasteiger partial charge in [-0.15, -0.1) is 0 Å². The third-order valence-corrected chi connectivity index (χ3v) is 4.50. The molecule has 25 heavy (non-hydrogen) atoms. The second kappa shape index (κ2) is 10.7. The van der Waals surface area contributed by atoms with Gasteiger partial charge in [-0.1, -0.05) is 37.1 Å². The number of unbranched alkanes of at least 4 members (excludes halogenated alkanes) is 1. The Labute approximate surface area is 163 Å². The van der Waals surface area contributed by atoms with Gasteiger partial charge in [-0.2, -0.15) is 0 Å². The fourth-order valence-electron chi connectivity index (χ4n) is 2.44. The van der Waals surface area contributed by atoms with Crippen molar-refractivity contribution in [1.29, 1.82) is 0 Å². The van der Waals surface area contributed by atoms with E-state index in [1.165, 1.54) is 18.4 Å². The van der Waals surface area contributed by atoms with Crippen molar-refractivity contribution in [2.24, 2.45) is 0 Å². The van der Waals surface area contributed by atoms with E-state index in [1.54, 1.807) is 0 Å². The van der Waals surface area contributed by atoms with Crippen LogP contribution < -0.4 is 14.8 Å². The van der Waals surface area contributed by atoms with E-state index in [-0.39, 0.29) is 0 Å². The zero-order valence-electron chi connectivity index (χ0n) is 14.8. The summed E-state index contributed by atoms with van der Waals surface area (Å²) in [5, 5.41) is 4.16. The van der Waals surface area contributed by atoms with Gasteiger partial charge < -0.3 is 14.8 Å². The van der Waals surface area contributed by atoms with Crippen LogP contribution in [0.2, 0.25) is 5.02 Å². The lowest BCUT2D eigenvalue weighted by Crippen LogP contribution is -2.14. The van der Waals surface area contributed by atoms with Crippen LogP contribution in [0.4, 0.5) is 0 Å². The standard InChI is InChI=1S/C20H25BrClNO2/c1-3-5-9-23-13-16-11-18(21)20(19(12-16)24-4-2)25-14-15-7-6-8-17(22)10-15/h6-8,10-12,23H,3-5,9,13-14H2,1-2H3. The number of hydrogen-bond donors (Lipinski definition) is 1. The molecule has 0 aliphatic rings.